The van der Waals surface area contributed by atoms with Gasteiger partial charge in [0, 0.05) is 12.8 Å². The van der Waals surface area contributed by atoms with Crippen molar-refractivity contribution in [2.45, 2.75) is 424 Å². The smallest absolute Gasteiger partial charge is 0.305 e. The van der Waals surface area contributed by atoms with E-state index in [4.69, 9.17) is 4.74 Å². The molecular weight excluding hydrogens is 959 g/mol. The quantitative estimate of drug-likeness (QED) is 0.0320. The summed E-state index contributed by atoms with van der Waals surface area (Å²) in [6, 6.07) is -0.539. The highest BCUT2D eigenvalue weighted by Gasteiger charge is 2.20. The molecule has 0 bridgehead atoms. The third-order valence-corrected chi connectivity index (χ3v) is 17.1. The van der Waals surface area contributed by atoms with Crippen LogP contribution in [0.15, 0.2) is 12.2 Å². The number of aliphatic hydroxyl groups excluding tert-OH is 2. The molecule has 0 saturated heterocycles. The van der Waals surface area contributed by atoms with Gasteiger partial charge in [0.2, 0.25) is 5.91 Å². The van der Waals surface area contributed by atoms with Crippen LogP contribution in [0.5, 0.6) is 0 Å². The fourth-order valence-electron chi connectivity index (χ4n) is 11.6. The first-order valence-electron chi connectivity index (χ1n) is 35.9. The average Bonchev–Trinajstić information content (AvgIpc) is 3.44. The van der Waals surface area contributed by atoms with Gasteiger partial charge in [0.15, 0.2) is 0 Å². The van der Waals surface area contributed by atoms with Crippen molar-refractivity contribution in [1.29, 1.82) is 0 Å². The molecule has 0 aliphatic carbocycles. The van der Waals surface area contributed by atoms with Crippen LogP contribution >= 0.6 is 0 Å². The van der Waals surface area contributed by atoms with E-state index in [1.165, 1.54) is 340 Å². The summed E-state index contributed by atoms with van der Waals surface area (Å²) in [5.74, 6) is -0.00916. The standard InChI is InChI=1S/C72H141NO5/c1-3-5-7-9-11-13-15-16-17-18-35-38-41-45-48-52-56-60-64-70(75)69(68-74)73-71(76)65-61-57-53-49-46-42-39-36-33-31-29-27-25-23-21-19-20-22-24-26-28-30-32-34-37-40-43-47-51-55-59-63-67-78-72(77)66-62-58-54-50-44-14-12-10-8-6-4-2/h22,24,69-70,74-75H,3-21,23,25-68H2,1-2H3,(H,73,76)/b24-22-. The molecule has 0 aromatic heterocycles. The summed E-state index contributed by atoms with van der Waals surface area (Å²) >= 11 is 0. The van der Waals surface area contributed by atoms with E-state index in [0.717, 1.165) is 38.5 Å². The van der Waals surface area contributed by atoms with Gasteiger partial charge in [-0.2, -0.15) is 0 Å². The molecule has 0 aromatic rings. The summed E-state index contributed by atoms with van der Waals surface area (Å²) in [7, 11) is 0. The largest absolute Gasteiger partial charge is 0.466 e. The minimum atomic E-state index is -0.662. The van der Waals surface area contributed by atoms with Crippen LogP contribution in [0.1, 0.15) is 412 Å². The summed E-state index contributed by atoms with van der Waals surface area (Å²) < 4.78 is 5.48. The summed E-state index contributed by atoms with van der Waals surface area (Å²) in [6.07, 6.45) is 84.1. The summed E-state index contributed by atoms with van der Waals surface area (Å²) in [6.45, 7) is 4.99. The number of carbonyl (C=O) groups excluding carboxylic acids is 2. The lowest BCUT2D eigenvalue weighted by atomic mass is 10.0. The molecule has 0 aromatic carbocycles. The zero-order valence-electron chi connectivity index (χ0n) is 53.2. The van der Waals surface area contributed by atoms with E-state index < -0.39 is 12.1 Å². The number of amides is 1. The maximum atomic E-state index is 12.5. The van der Waals surface area contributed by atoms with Crippen molar-refractivity contribution < 1.29 is 24.5 Å². The molecule has 0 fully saturated rings. The molecular formula is C72H141NO5. The minimum absolute atomic E-state index is 0.0188. The Balaban J connectivity index is 3.35. The van der Waals surface area contributed by atoms with Gasteiger partial charge in [0.25, 0.3) is 0 Å². The average molecular weight is 1100 g/mol. The molecule has 78 heavy (non-hydrogen) atoms. The molecule has 0 rings (SSSR count). The third-order valence-electron chi connectivity index (χ3n) is 17.1. The van der Waals surface area contributed by atoms with Crippen molar-refractivity contribution >= 4 is 11.9 Å². The number of hydrogen-bond donors (Lipinski definition) is 3. The first-order chi connectivity index (χ1) is 38.5. The van der Waals surface area contributed by atoms with Gasteiger partial charge in [-0.25, -0.2) is 0 Å². The van der Waals surface area contributed by atoms with Gasteiger partial charge in [0.1, 0.15) is 0 Å². The van der Waals surface area contributed by atoms with Gasteiger partial charge in [-0.3, -0.25) is 9.59 Å². The number of ether oxygens (including phenoxy) is 1. The highest BCUT2D eigenvalue weighted by atomic mass is 16.5. The Morgan fingerprint density at radius 3 is 0.910 bits per heavy atom. The molecule has 0 saturated carbocycles. The number of carbonyl (C=O) groups is 2. The number of allylic oxidation sites excluding steroid dienone is 2. The molecule has 6 nitrogen and oxygen atoms in total. The molecule has 464 valence electrons. The predicted molar refractivity (Wildman–Crippen MR) is 343 cm³/mol. The van der Waals surface area contributed by atoms with Crippen LogP contribution in [0, 0.1) is 0 Å². The second-order valence-electron chi connectivity index (χ2n) is 24.9. The summed E-state index contributed by atoms with van der Waals surface area (Å²) in [4.78, 5) is 24.5. The highest BCUT2D eigenvalue weighted by molar-refractivity contribution is 5.76. The Kier molecular flexibility index (Phi) is 66.9. The summed E-state index contributed by atoms with van der Waals surface area (Å²) in [5.41, 5.74) is 0. The number of rotatable bonds is 68. The fourth-order valence-corrected chi connectivity index (χ4v) is 11.6. The summed E-state index contributed by atoms with van der Waals surface area (Å²) in [5, 5.41) is 23.4. The molecule has 0 spiro atoms. The van der Waals surface area contributed by atoms with E-state index in [0.29, 0.717) is 25.9 Å². The van der Waals surface area contributed by atoms with E-state index in [1.807, 2.05) is 0 Å². The number of unbranched alkanes of at least 4 members (excludes halogenated alkanes) is 55. The number of nitrogens with one attached hydrogen (secondary N) is 1. The van der Waals surface area contributed by atoms with Crippen LogP contribution in [0.3, 0.4) is 0 Å². The maximum absolute atomic E-state index is 12.5. The van der Waals surface area contributed by atoms with Gasteiger partial charge < -0.3 is 20.3 Å². The monoisotopic (exact) mass is 1100 g/mol. The maximum Gasteiger partial charge on any atom is 0.305 e. The lowest BCUT2D eigenvalue weighted by Gasteiger charge is -2.22. The molecule has 0 aliphatic rings. The second-order valence-corrected chi connectivity index (χ2v) is 24.9. The predicted octanol–water partition coefficient (Wildman–Crippen LogP) is 23.1. The number of esters is 1. The van der Waals surface area contributed by atoms with E-state index >= 15 is 0 Å². The van der Waals surface area contributed by atoms with Crippen molar-refractivity contribution in [2.75, 3.05) is 13.2 Å². The minimum Gasteiger partial charge on any atom is -0.466 e. The fraction of sp³-hybridized carbons (Fsp3) is 0.944. The number of hydrogen-bond acceptors (Lipinski definition) is 5. The Morgan fingerprint density at radius 2 is 0.603 bits per heavy atom. The van der Waals surface area contributed by atoms with Gasteiger partial charge in [-0.05, 0) is 51.4 Å². The lowest BCUT2D eigenvalue weighted by Crippen LogP contribution is -2.45. The van der Waals surface area contributed by atoms with Crippen LogP contribution in [0.4, 0.5) is 0 Å². The van der Waals surface area contributed by atoms with Crippen LogP contribution in [-0.4, -0.2) is 47.4 Å². The number of aliphatic hydroxyl groups is 2. The Hall–Kier alpha value is -1.40. The van der Waals surface area contributed by atoms with Crippen molar-refractivity contribution in [3.63, 3.8) is 0 Å². The lowest BCUT2D eigenvalue weighted by molar-refractivity contribution is -0.143. The molecule has 0 heterocycles. The molecule has 3 N–H and O–H groups in total. The van der Waals surface area contributed by atoms with E-state index in [1.54, 1.807) is 0 Å². The molecule has 0 aliphatic heterocycles. The van der Waals surface area contributed by atoms with Gasteiger partial charge >= 0.3 is 5.97 Å². The third kappa shape index (κ3) is 63.8. The van der Waals surface area contributed by atoms with Crippen LogP contribution in [0.25, 0.3) is 0 Å². The van der Waals surface area contributed by atoms with Crippen molar-refractivity contribution in [2.24, 2.45) is 0 Å². The highest BCUT2D eigenvalue weighted by Crippen LogP contribution is 2.19. The molecule has 2 atom stereocenters. The molecule has 6 heteroatoms. The SMILES string of the molecule is CCCCCCCCCCCCCCCCCCCCC(O)C(CO)NC(=O)CCCCCCCCCCCCCCCCCC/C=C\CCCCCCCCCCCCCCOC(=O)CCCCCCCCCCCCC. The van der Waals surface area contributed by atoms with Crippen molar-refractivity contribution in [1.82, 2.24) is 5.32 Å². The zero-order chi connectivity index (χ0) is 56.4. The van der Waals surface area contributed by atoms with Crippen molar-refractivity contribution in [3.8, 4) is 0 Å². The molecule has 0 radical (unpaired) electrons. The van der Waals surface area contributed by atoms with Crippen LogP contribution < -0.4 is 5.32 Å². The normalized spacial score (nSPS) is 12.5. The Labute approximate surface area is 489 Å². The second kappa shape index (κ2) is 68.1. The first kappa shape index (κ1) is 76.6. The van der Waals surface area contributed by atoms with Gasteiger partial charge in [-0.1, -0.05) is 360 Å². The van der Waals surface area contributed by atoms with Crippen LogP contribution in [0.2, 0.25) is 0 Å². The van der Waals surface area contributed by atoms with Gasteiger partial charge in [-0.15, -0.1) is 0 Å². The molecule has 1 amide bonds. The van der Waals surface area contributed by atoms with Gasteiger partial charge in [0.05, 0.1) is 25.4 Å². The van der Waals surface area contributed by atoms with Crippen LogP contribution in [-0.2, 0) is 14.3 Å². The van der Waals surface area contributed by atoms with E-state index in [-0.39, 0.29) is 18.5 Å². The molecule has 2 unspecified atom stereocenters. The van der Waals surface area contributed by atoms with Crippen molar-refractivity contribution in [3.05, 3.63) is 12.2 Å². The Morgan fingerprint density at radius 1 is 0.346 bits per heavy atom. The van der Waals surface area contributed by atoms with E-state index in [2.05, 4.69) is 31.3 Å². The Bertz CT molecular complexity index is 1180. The topological polar surface area (TPSA) is 95.9 Å². The first-order valence-corrected chi connectivity index (χ1v) is 35.9. The zero-order valence-corrected chi connectivity index (χ0v) is 53.2. The van der Waals surface area contributed by atoms with E-state index in [9.17, 15) is 19.8 Å².